The smallest absolute Gasteiger partial charge is 0.326 e. The molecule has 0 aliphatic carbocycles. The Balaban J connectivity index is -0.000000329. The topological polar surface area (TPSA) is 95.5 Å². The Morgan fingerprint density at radius 2 is 1.40 bits per heavy atom. The SMILES string of the molecule is CC.CC.CC.CNCCCCCC(=O)NC(CCC(C)=O)C(=O)O. The third kappa shape index (κ3) is 27.7. The van der Waals surface area contributed by atoms with E-state index in [0.29, 0.717) is 6.42 Å². The van der Waals surface area contributed by atoms with Gasteiger partial charge in [0, 0.05) is 12.8 Å². The monoisotopic (exact) mass is 362 g/mol. The van der Waals surface area contributed by atoms with Crippen LogP contribution in [-0.4, -0.2) is 42.4 Å². The van der Waals surface area contributed by atoms with Gasteiger partial charge in [-0.2, -0.15) is 0 Å². The van der Waals surface area contributed by atoms with Crippen LogP contribution in [-0.2, 0) is 14.4 Å². The van der Waals surface area contributed by atoms with Crippen LogP contribution in [0.5, 0.6) is 0 Å². The molecule has 1 atom stereocenters. The first-order valence-corrected chi connectivity index (χ1v) is 9.63. The molecule has 6 heteroatoms. The number of carboxylic acid groups (broad SMARTS) is 1. The summed E-state index contributed by atoms with van der Waals surface area (Å²) in [5, 5.41) is 14.4. The Labute approximate surface area is 155 Å². The van der Waals surface area contributed by atoms with Crippen molar-refractivity contribution in [3.8, 4) is 0 Å². The first-order chi connectivity index (χ1) is 12.0. The van der Waals surface area contributed by atoms with Crippen LogP contribution in [0.2, 0.25) is 0 Å². The normalized spacial score (nSPS) is 9.76. The highest BCUT2D eigenvalue weighted by Crippen LogP contribution is 2.02. The van der Waals surface area contributed by atoms with Gasteiger partial charge < -0.3 is 20.5 Å². The first-order valence-electron chi connectivity index (χ1n) is 9.63. The summed E-state index contributed by atoms with van der Waals surface area (Å²) < 4.78 is 0. The number of ketones is 1. The van der Waals surface area contributed by atoms with Crippen LogP contribution < -0.4 is 10.6 Å². The van der Waals surface area contributed by atoms with Crippen LogP contribution in [0.4, 0.5) is 0 Å². The summed E-state index contributed by atoms with van der Waals surface area (Å²) in [5.74, 6) is -1.43. The van der Waals surface area contributed by atoms with Crippen molar-refractivity contribution in [2.45, 2.75) is 93.0 Å². The maximum atomic E-state index is 11.6. The molecule has 0 aromatic rings. The lowest BCUT2D eigenvalue weighted by Crippen LogP contribution is -2.40. The van der Waals surface area contributed by atoms with Gasteiger partial charge in [-0.3, -0.25) is 4.79 Å². The van der Waals surface area contributed by atoms with Crippen molar-refractivity contribution in [2.75, 3.05) is 13.6 Å². The van der Waals surface area contributed by atoms with Gasteiger partial charge in [0.15, 0.2) is 0 Å². The van der Waals surface area contributed by atoms with E-state index in [0.717, 1.165) is 25.8 Å². The van der Waals surface area contributed by atoms with Crippen LogP contribution in [0.3, 0.4) is 0 Å². The molecule has 25 heavy (non-hydrogen) atoms. The van der Waals surface area contributed by atoms with Crippen molar-refractivity contribution in [3.05, 3.63) is 0 Å². The lowest BCUT2D eigenvalue weighted by Gasteiger charge is -2.13. The van der Waals surface area contributed by atoms with E-state index in [1.807, 2.05) is 48.6 Å². The molecule has 0 spiro atoms. The van der Waals surface area contributed by atoms with Crippen LogP contribution in [0.1, 0.15) is 87.0 Å². The molecule has 0 aromatic carbocycles. The number of hydrogen-bond donors (Lipinski definition) is 3. The minimum atomic E-state index is -1.09. The highest BCUT2D eigenvalue weighted by Gasteiger charge is 2.19. The van der Waals surface area contributed by atoms with E-state index in [-0.39, 0.29) is 24.5 Å². The molecule has 0 saturated carbocycles. The van der Waals surface area contributed by atoms with Gasteiger partial charge in [0.1, 0.15) is 11.8 Å². The van der Waals surface area contributed by atoms with Crippen molar-refractivity contribution < 1.29 is 19.5 Å². The second-order valence-corrected chi connectivity index (χ2v) is 4.61. The molecular formula is C19H42N2O4. The van der Waals surface area contributed by atoms with Gasteiger partial charge in [0.2, 0.25) is 5.91 Å². The largest absolute Gasteiger partial charge is 0.480 e. The number of aliphatic carboxylic acids is 1. The first kappa shape index (κ1) is 31.4. The number of hydrogen-bond acceptors (Lipinski definition) is 4. The summed E-state index contributed by atoms with van der Waals surface area (Å²) in [4.78, 5) is 33.3. The average molecular weight is 363 g/mol. The lowest BCUT2D eigenvalue weighted by atomic mass is 10.1. The predicted molar refractivity (Wildman–Crippen MR) is 106 cm³/mol. The number of Topliss-reactive ketones (excluding diaryl/α,β-unsaturated/α-hetero) is 1. The Hall–Kier alpha value is -1.43. The minimum Gasteiger partial charge on any atom is -0.480 e. The molecule has 0 saturated heterocycles. The molecule has 0 bridgehead atoms. The van der Waals surface area contributed by atoms with Crippen molar-refractivity contribution >= 4 is 17.7 Å². The zero-order valence-corrected chi connectivity index (χ0v) is 17.7. The molecule has 0 heterocycles. The standard InChI is InChI=1S/C13H24N2O4.3C2H6/c1-10(16)7-8-11(13(18)19)15-12(17)6-4-3-5-9-14-2;3*1-2/h11,14H,3-9H2,1-2H3,(H,15,17)(H,18,19);3*1-2H3. The fourth-order valence-electron chi connectivity index (χ4n) is 1.64. The second-order valence-electron chi connectivity index (χ2n) is 4.61. The fraction of sp³-hybridized carbons (Fsp3) is 0.842. The molecule has 1 unspecified atom stereocenters. The summed E-state index contributed by atoms with van der Waals surface area (Å²) in [7, 11) is 1.87. The van der Waals surface area contributed by atoms with Crippen molar-refractivity contribution in [1.82, 2.24) is 10.6 Å². The highest BCUT2D eigenvalue weighted by atomic mass is 16.4. The number of carbonyl (C=O) groups excluding carboxylic acids is 2. The maximum Gasteiger partial charge on any atom is 0.326 e. The van der Waals surface area contributed by atoms with E-state index in [1.54, 1.807) is 0 Å². The summed E-state index contributed by atoms with van der Waals surface area (Å²) >= 11 is 0. The number of amides is 1. The van der Waals surface area contributed by atoms with E-state index in [9.17, 15) is 14.4 Å². The Bertz CT molecular complexity index is 308. The van der Waals surface area contributed by atoms with E-state index >= 15 is 0 Å². The van der Waals surface area contributed by atoms with Crippen molar-refractivity contribution in [1.29, 1.82) is 0 Å². The molecule has 152 valence electrons. The molecule has 1 amide bonds. The van der Waals surface area contributed by atoms with Crippen LogP contribution in [0, 0.1) is 0 Å². The molecular weight excluding hydrogens is 320 g/mol. The molecule has 0 aromatic heterocycles. The number of nitrogens with one attached hydrogen (secondary N) is 2. The van der Waals surface area contributed by atoms with E-state index in [1.165, 1.54) is 6.92 Å². The second kappa shape index (κ2) is 27.4. The Morgan fingerprint density at radius 1 is 0.880 bits per heavy atom. The summed E-state index contributed by atoms with van der Waals surface area (Å²) in [5.41, 5.74) is 0. The zero-order valence-electron chi connectivity index (χ0n) is 17.7. The average Bonchev–Trinajstić information content (AvgIpc) is 2.63. The third-order valence-corrected chi connectivity index (χ3v) is 2.75. The van der Waals surface area contributed by atoms with Gasteiger partial charge in [0.25, 0.3) is 0 Å². The van der Waals surface area contributed by atoms with Crippen LogP contribution >= 0.6 is 0 Å². The zero-order chi connectivity index (χ0) is 20.7. The third-order valence-electron chi connectivity index (χ3n) is 2.75. The predicted octanol–water partition coefficient (Wildman–Crippen LogP) is 3.78. The van der Waals surface area contributed by atoms with Crippen molar-refractivity contribution in [3.63, 3.8) is 0 Å². The van der Waals surface area contributed by atoms with E-state index in [4.69, 9.17) is 5.11 Å². The van der Waals surface area contributed by atoms with E-state index in [2.05, 4.69) is 10.6 Å². The number of unbranched alkanes of at least 4 members (excludes halogenated alkanes) is 2. The number of rotatable bonds is 11. The number of carbonyl (C=O) groups is 3. The maximum absolute atomic E-state index is 11.6. The molecule has 0 aliphatic heterocycles. The van der Waals surface area contributed by atoms with Gasteiger partial charge in [-0.1, -0.05) is 48.0 Å². The fourth-order valence-corrected chi connectivity index (χ4v) is 1.64. The Morgan fingerprint density at radius 3 is 1.80 bits per heavy atom. The molecule has 0 rings (SSSR count). The van der Waals surface area contributed by atoms with Gasteiger partial charge in [-0.15, -0.1) is 0 Å². The van der Waals surface area contributed by atoms with Gasteiger partial charge in [-0.25, -0.2) is 4.79 Å². The van der Waals surface area contributed by atoms with Gasteiger partial charge in [0.05, 0.1) is 0 Å². The van der Waals surface area contributed by atoms with Crippen molar-refractivity contribution in [2.24, 2.45) is 0 Å². The molecule has 0 radical (unpaired) electrons. The van der Waals surface area contributed by atoms with E-state index < -0.39 is 12.0 Å². The highest BCUT2D eigenvalue weighted by molar-refractivity contribution is 5.84. The van der Waals surface area contributed by atoms with Gasteiger partial charge in [-0.05, 0) is 39.8 Å². The van der Waals surface area contributed by atoms with Crippen LogP contribution in [0.25, 0.3) is 0 Å². The van der Waals surface area contributed by atoms with Crippen LogP contribution in [0.15, 0.2) is 0 Å². The molecule has 6 nitrogen and oxygen atoms in total. The quantitative estimate of drug-likeness (QED) is 0.486. The molecule has 0 fully saturated rings. The van der Waals surface area contributed by atoms with Gasteiger partial charge >= 0.3 is 5.97 Å². The summed E-state index contributed by atoms with van der Waals surface area (Å²) in [6.45, 7) is 14.3. The minimum absolute atomic E-state index is 0.0763. The number of carboxylic acids is 1. The molecule has 0 aliphatic rings. The summed E-state index contributed by atoms with van der Waals surface area (Å²) in [6.07, 6.45) is 3.31. The Kier molecular flexibility index (Phi) is 34.4. The summed E-state index contributed by atoms with van der Waals surface area (Å²) in [6, 6.07) is -0.964. The molecule has 3 N–H and O–H groups in total. The lowest BCUT2D eigenvalue weighted by molar-refractivity contribution is -0.142.